The monoisotopic (exact) mass is 287 g/mol. The topological polar surface area (TPSA) is 26.0 Å². The molecule has 0 fully saturated rings. The Morgan fingerprint density at radius 3 is 2.00 bits per heavy atom. The van der Waals surface area contributed by atoms with Gasteiger partial charge in [-0.05, 0) is 56.4 Å². The number of alkyl halides is 1. The molecule has 2 aromatic rings. The van der Waals surface area contributed by atoms with Crippen LogP contribution in [-0.4, -0.2) is 6.17 Å². The van der Waals surface area contributed by atoms with Gasteiger partial charge in [-0.2, -0.15) is 0 Å². The molecule has 0 bridgehead atoms. The van der Waals surface area contributed by atoms with Crippen LogP contribution in [0.4, 0.5) is 10.1 Å². The fourth-order valence-corrected chi connectivity index (χ4v) is 2.32. The molecule has 0 aromatic heterocycles. The van der Waals surface area contributed by atoms with Crippen LogP contribution in [0.15, 0.2) is 48.5 Å². The van der Waals surface area contributed by atoms with Crippen LogP contribution >= 0.6 is 0 Å². The van der Waals surface area contributed by atoms with Crippen molar-refractivity contribution in [1.29, 1.82) is 0 Å². The highest BCUT2D eigenvalue weighted by Crippen LogP contribution is 2.24. The molecule has 0 aliphatic rings. The van der Waals surface area contributed by atoms with Gasteiger partial charge >= 0.3 is 0 Å². The maximum atomic E-state index is 12.8. The summed E-state index contributed by atoms with van der Waals surface area (Å²) < 4.78 is 12.8. The molecule has 0 amide bonds. The first kappa shape index (κ1) is 17.2. The van der Waals surface area contributed by atoms with Crippen molar-refractivity contribution >= 4 is 5.69 Å². The average molecular weight is 287 g/mol. The smallest absolute Gasteiger partial charge is 0.0979 e. The molecule has 0 aliphatic heterocycles. The van der Waals surface area contributed by atoms with Crippen LogP contribution in [0, 0.1) is 13.8 Å². The zero-order chi connectivity index (χ0) is 15.8. The maximum Gasteiger partial charge on any atom is 0.0979 e. The average Bonchev–Trinajstić information content (AvgIpc) is 2.42. The van der Waals surface area contributed by atoms with Crippen molar-refractivity contribution in [3.63, 3.8) is 0 Å². The number of hydrogen-bond donors (Lipinski definition) is 1. The highest BCUT2D eigenvalue weighted by molar-refractivity contribution is 5.38. The van der Waals surface area contributed by atoms with Gasteiger partial charge in [-0.15, -0.1) is 0 Å². The Kier molecular flexibility index (Phi) is 6.93. The number of anilines is 1. The Morgan fingerprint density at radius 1 is 0.952 bits per heavy atom. The molecule has 2 atom stereocenters. The lowest BCUT2D eigenvalue weighted by Crippen LogP contribution is -2.03. The van der Waals surface area contributed by atoms with Crippen LogP contribution in [0.1, 0.15) is 42.9 Å². The van der Waals surface area contributed by atoms with E-state index < -0.39 is 6.17 Å². The lowest BCUT2D eigenvalue weighted by Gasteiger charge is -2.14. The summed E-state index contributed by atoms with van der Waals surface area (Å²) in [4.78, 5) is 0. The summed E-state index contributed by atoms with van der Waals surface area (Å²) in [5.41, 5.74) is 10.0. The molecule has 0 heterocycles. The zero-order valence-electron chi connectivity index (χ0n) is 13.4. The van der Waals surface area contributed by atoms with E-state index in [2.05, 4.69) is 26.0 Å². The molecule has 2 unspecified atom stereocenters. The third-order valence-corrected chi connectivity index (χ3v) is 3.48. The van der Waals surface area contributed by atoms with Crippen molar-refractivity contribution in [2.24, 2.45) is 0 Å². The maximum absolute atomic E-state index is 12.8. The lowest BCUT2D eigenvalue weighted by molar-refractivity contribution is 0.324. The number of nitrogen functional groups attached to an aromatic ring is 1. The first-order chi connectivity index (χ1) is 9.90. The second kappa shape index (κ2) is 8.46. The molecule has 2 N–H and O–H groups in total. The third-order valence-electron chi connectivity index (χ3n) is 3.48. The Hall–Kier alpha value is -1.83. The number of benzene rings is 2. The minimum atomic E-state index is -0.713. The van der Waals surface area contributed by atoms with E-state index in [9.17, 15) is 4.39 Å². The number of nitrogens with two attached hydrogens (primary N) is 1. The molecule has 2 aromatic carbocycles. The van der Waals surface area contributed by atoms with E-state index in [0.29, 0.717) is 12.3 Å². The van der Waals surface area contributed by atoms with E-state index in [1.165, 1.54) is 16.7 Å². The van der Waals surface area contributed by atoms with Gasteiger partial charge in [-0.25, -0.2) is 4.39 Å². The molecular formula is C19H26FN. The summed E-state index contributed by atoms with van der Waals surface area (Å²) in [6.45, 7) is 7.82. The summed E-state index contributed by atoms with van der Waals surface area (Å²) in [6, 6.07) is 16.0. The molecule has 114 valence electrons. The zero-order valence-corrected chi connectivity index (χ0v) is 13.4. The van der Waals surface area contributed by atoms with Gasteiger partial charge in [0.25, 0.3) is 0 Å². The van der Waals surface area contributed by atoms with Crippen LogP contribution < -0.4 is 5.73 Å². The molecule has 0 radical (unpaired) electrons. The van der Waals surface area contributed by atoms with Gasteiger partial charge in [0.1, 0.15) is 0 Å². The number of halogens is 1. The van der Waals surface area contributed by atoms with Gasteiger partial charge in [-0.3, -0.25) is 0 Å². The number of rotatable bonds is 3. The first-order valence-corrected chi connectivity index (χ1v) is 7.42. The number of aryl methyl sites for hydroxylation is 2. The minimum absolute atomic E-state index is 0.321. The SMILES string of the molecule is Cc1ccc(N)cc1.Cc1ccccc1C(C)CC(C)F. The first-order valence-electron chi connectivity index (χ1n) is 7.42. The highest BCUT2D eigenvalue weighted by atomic mass is 19.1. The van der Waals surface area contributed by atoms with E-state index >= 15 is 0 Å². The quantitative estimate of drug-likeness (QED) is 0.749. The van der Waals surface area contributed by atoms with E-state index in [1.807, 2.05) is 43.3 Å². The Balaban J connectivity index is 0.000000235. The van der Waals surface area contributed by atoms with E-state index in [4.69, 9.17) is 5.73 Å². The summed E-state index contributed by atoms with van der Waals surface area (Å²) in [7, 11) is 0. The van der Waals surface area contributed by atoms with Crippen LogP contribution in [0.5, 0.6) is 0 Å². The fraction of sp³-hybridized carbons (Fsp3) is 0.368. The molecule has 21 heavy (non-hydrogen) atoms. The van der Waals surface area contributed by atoms with Crippen molar-refractivity contribution in [1.82, 2.24) is 0 Å². The molecule has 0 spiro atoms. The minimum Gasteiger partial charge on any atom is -0.399 e. The van der Waals surface area contributed by atoms with Gasteiger partial charge < -0.3 is 5.73 Å². The third kappa shape index (κ3) is 6.44. The second-order valence-electron chi connectivity index (χ2n) is 5.68. The summed E-state index contributed by atoms with van der Waals surface area (Å²) in [5, 5.41) is 0. The van der Waals surface area contributed by atoms with Crippen molar-refractivity contribution in [2.75, 3.05) is 5.73 Å². The summed E-state index contributed by atoms with van der Waals surface area (Å²) in [6.07, 6.45) is -0.0974. The van der Waals surface area contributed by atoms with Crippen molar-refractivity contribution < 1.29 is 4.39 Å². The summed E-state index contributed by atoms with van der Waals surface area (Å²) >= 11 is 0. The molecule has 0 aliphatic carbocycles. The fourth-order valence-electron chi connectivity index (χ4n) is 2.32. The normalized spacial score (nSPS) is 13.0. The van der Waals surface area contributed by atoms with Gasteiger partial charge in [-0.1, -0.05) is 48.9 Å². The Labute approximate surface area is 128 Å². The Morgan fingerprint density at radius 2 is 1.52 bits per heavy atom. The van der Waals surface area contributed by atoms with Gasteiger partial charge in [0.2, 0.25) is 0 Å². The summed E-state index contributed by atoms with van der Waals surface area (Å²) in [5.74, 6) is 0.321. The predicted octanol–water partition coefficient (Wildman–Crippen LogP) is 5.42. The molecule has 1 nitrogen and oxygen atoms in total. The molecule has 0 saturated carbocycles. The van der Waals surface area contributed by atoms with Crippen LogP contribution in [0.25, 0.3) is 0 Å². The largest absolute Gasteiger partial charge is 0.399 e. The van der Waals surface area contributed by atoms with E-state index in [1.54, 1.807) is 6.92 Å². The standard InChI is InChI=1S/C12H17F.C7H9N/c1-9-6-4-5-7-12(9)10(2)8-11(3)13;1-6-2-4-7(8)5-3-6/h4-7,10-11H,8H2,1-3H3;2-5H,8H2,1H3. The van der Waals surface area contributed by atoms with Crippen molar-refractivity contribution in [2.45, 2.75) is 46.2 Å². The van der Waals surface area contributed by atoms with Gasteiger partial charge in [0, 0.05) is 5.69 Å². The second-order valence-corrected chi connectivity index (χ2v) is 5.68. The van der Waals surface area contributed by atoms with Crippen LogP contribution in [0.2, 0.25) is 0 Å². The van der Waals surface area contributed by atoms with E-state index in [0.717, 1.165) is 5.69 Å². The molecular weight excluding hydrogens is 261 g/mol. The van der Waals surface area contributed by atoms with E-state index in [-0.39, 0.29) is 0 Å². The molecule has 2 heteroatoms. The Bertz CT molecular complexity index is 511. The van der Waals surface area contributed by atoms with Crippen molar-refractivity contribution in [3.8, 4) is 0 Å². The van der Waals surface area contributed by atoms with Gasteiger partial charge in [0.05, 0.1) is 6.17 Å². The van der Waals surface area contributed by atoms with Crippen molar-refractivity contribution in [3.05, 3.63) is 65.2 Å². The van der Waals surface area contributed by atoms with Gasteiger partial charge in [0.15, 0.2) is 0 Å². The molecule has 0 saturated heterocycles. The predicted molar refractivity (Wildman–Crippen MR) is 90.4 cm³/mol. The van der Waals surface area contributed by atoms with Crippen LogP contribution in [-0.2, 0) is 0 Å². The molecule has 2 rings (SSSR count). The highest BCUT2D eigenvalue weighted by Gasteiger charge is 2.10. The number of hydrogen-bond acceptors (Lipinski definition) is 1. The lowest BCUT2D eigenvalue weighted by atomic mass is 9.92. The van der Waals surface area contributed by atoms with Crippen LogP contribution in [0.3, 0.4) is 0 Å².